The summed E-state index contributed by atoms with van der Waals surface area (Å²) < 4.78 is 27.3. The van der Waals surface area contributed by atoms with Gasteiger partial charge < -0.3 is 14.9 Å². The summed E-state index contributed by atoms with van der Waals surface area (Å²) in [7, 11) is 0. The van der Waals surface area contributed by atoms with E-state index >= 15 is 0 Å². The minimum Gasteiger partial charge on any atom is -0.481 e. The molecule has 0 unspecified atom stereocenters. The largest absolute Gasteiger partial charge is 0.481 e. The lowest BCUT2D eigenvalue weighted by Gasteiger charge is -2.30. The van der Waals surface area contributed by atoms with E-state index in [1.807, 2.05) is 0 Å². The highest BCUT2D eigenvalue weighted by molar-refractivity contribution is 6.07. The molecule has 0 saturated carbocycles. The van der Waals surface area contributed by atoms with Crippen molar-refractivity contribution in [1.29, 1.82) is 0 Å². The zero-order chi connectivity index (χ0) is 20.4. The molecule has 27 heavy (non-hydrogen) atoms. The van der Waals surface area contributed by atoms with E-state index in [0.717, 1.165) is 15.9 Å². The summed E-state index contributed by atoms with van der Waals surface area (Å²) in [6.45, 7) is 1.75. The third-order valence-electron chi connectivity index (χ3n) is 4.33. The Bertz CT molecular complexity index is 797. The monoisotopic (exact) mass is 383 g/mol. The number of rotatable bonds is 7. The number of benzene rings is 1. The van der Waals surface area contributed by atoms with Crippen LogP contribution in [-0.2, 0) is 20.9 Å². The number of nitrogens with one attached hydrogen (secondary N) is 1. The molecule has 2 N–H and O–H groups in total. The maximum absolute atomic E-state index is 13.9. The van der Waals surface area contributed by atoms with Crippen molar-refractivity contribution >= 4 is 23.8 Å². The minimum absolute atomic E-state index is 0.130. The van der Waals surface area contributed by atoms with Gasteiger partial charge in [-0.25, -0.2) is 13.6 Å². The van der Waals surface area contributed by atoms with Crippen LogP contribution in [0.2, 0.25) is 0 Å². The van der Waals surface area contributed by atoms with E-state index < -0.39 is 54.0 Å². The van der Waals surface area contributed by atoms with E-state index in [1.54, 1.807) is 0 Å². The number of carboxylic acid groups (broad SMARTS) is 1. The lowest BCUT2D eigenvalue weighted by Crippen LogP contribution is -2.49. The first-order chi connectivity index (χ1) is 12.5. The zero-order valence-corrected chi connectivity index (χ0v) is 14.8. The first-order valence-corrected chi connectivity index (χ1v) is 8.09. The molecule has 0 bridgehead atoms. The fraction of sp³-hybridized carbons (Fsp3) is 0.412. The van der Waals surface area contributed by atoms with Crippen LogP contribution in [-0.4, -0.2) is 57.3 Å². The van der Waals surface area contributed by atoms with Gasteiger partial charge in [0.25, 0.3) is 5.91 Å². The molecule has 0 spiro atoms. The highest BCUT2D eigenvalue weighted by atomic mass is 19.2. The van der Waals surface area contributed by atoms with Crippen LogP contribution in [0.15, 0.2) is 18.2 Å². The van der Waals surface area contributed by atoms with Crippen LogP contribution >= 0.6 is 0 Å². The molecule has 146 valence electrons. The number of carbonyl (C=O) groups excluding carboxylic acids is 3. The molecule has 10 heteroatoms. The average molecular weight is 383 g/mol. The Morgan fingerprint density at radius 1 is 1.26 bits per heavy atom. The van der Waals surface area contributed by atoms with Crippen molar-refractivity contribution in [2.75, 3.05) is 13.1 Å². The SMILES string of the molecule is CC1(C)C(=O)NC(=O)N1CC(=O)N(CCC(=O)O)Cc1cccc(F)c1F. The molecule has 8 nitrogen and oxygen atoms in total. The van der Waals surface area contributed by atoms with Crippen LogP contribution in [0, 0.1) is 11.6 Å². The number of halogens is 2. The highest BCUT2D eigenvalue weighted by Gasteiger charge is 2.46. The molecule has 1 fully saturated rings. The molecule has 0 aromatic heterocycles. The summed E-state index contributed by atoms with van der Waals surface area (Å²) in [4.78, 5) is 49.2. The number of carboxylic acids is 1. The van der Waals surface area contributed by atoms with Crippen LogP contribution < -0.4 is 5.32 Å². The Labute approximate surface area is 153 Å². The number of urea groups is 1. The van der Waals surface area contributed by atoms with Gasteiger partial charge in [-0.15, -0.1) is 0 Å². The molecule has 1 aromatic carbocycles. The van der Waals surface area contributed by atoms with Crippen LogP contribution in [0.4, 0.5) is 13.6 Å². The number of hydrogen-bond donors (Lipinski definition) is 2. The van der Waals surface area contributed by atoms with E-state index in [9.17, 15) is 28.0 Å². The van der Waals surface area contributed by atoms with Gasteiger partial charge in [-0.2, -0.15) is 0 Å². The van der Waals surface area contributed by atoms with Gasteiger partial charge in [-0.1, -0.05) is 12.1 Å². The Kier molecular flexibility index (Phi) is 5.77. The first-order valence-electron chi connectivity index (χ1n) is 8.09. The van der Waals surface area contributed by atoms with Gasteiger partial charge in [0, 0.05) is 18.7 Å². The van der Waals surface area contributed by atoms with Crippen molar-refractivity contribution in [2.24, 2.45) is 0 Å². The minimum atomic E-state index is -1.27. The molecule has 1 saturated heterocycles. The highest BCUT2D eigenvalue weighted by Crippen LogP contribution is 2.21. The van der Waals surface area contributed by atoms with Gasteiger partial charge in [0.05, 0.1) is 6.42 Å². The van der Waals surface area contributed by atoms with Crippen LogP contribution in [0.25, 0.3) is 0 Å². The quantitative estimate of drug-likeness (QED) is 0.686. The maximum Gasteiger partial charge on any atom is 0.325 e. The lowest BCUT2D eigenvalue weighted by atomic mass is 10.0. The lowest BCUT2D eigenvalue weighted by molar-refractivity contribution is -0.139. The molecule has 1 aromatic rings. The fourth-order valence-electron chi connectivity index (χ4n) is 2.60. The first kappa shape index (κ1) is 20.3. The summed E-state index contributed by atoms with van der Waals surface area (Å²) in [6.07, 6.45) is -0.419. The normalized spacial score (nSPS) is 15.6. The smallest absolute Gasteiger partial charge is 0.325 e. The molecule has 1 aliphatic rings. The molecule has 4 amide bonds. The average Bonchev–Trinajstić information content (AvgIpc) is 2.77. The van der Waals surface area contributed by atoms with Crippen LogP contribution in [0.1, 0.15) is 25.8 Å². The van der Waals surface area contributed by atoms with Crippen molar-refractivity contribution in [1.82, 2.24) is 15.1 Å². The molecule has 1 aliphatic heterocycles. The summed E-state index contributed by atoms with van der Waals surface area (Å²) in [5, 5.41) is 11.0. The van der Waals surface area contributed by atoms with E-state index in [2.05, 4.69) is 5.32 Å². The maximum atomic E-state index is 13.9. The van der Waals surface area contributed by atoms with E-state index in [1.165, 1.54) is 26.0 Å². The Morgan fingerprint density at radius 2 is 1.93 bits per heavy atom. The van der Waals surface area contributed by atoms with Gasteiger partial charge in [0.15, 0.2) is 11.6 Å². The molecule has 0 radical (unpaired) electrons. The van der Waals surface area contributed by atoms with Gasteiger partial charge >= 0.3 is 12.0 Å². The third kappa shape index (κ3) is 4.39. The number of aliphatic carboxylic acids is 1. The molecule has 1 heterocycles. The third-order valence-corrected chi connectivity index (χ3v) is 4.33. The predicted octanol–water partition coefficient (Wildman–Crippen LogP) is 1.10. The van der Waals surface area contributed by atoms with Crippen molar-refractivity contribution in [3.05, 3.63) is 35.4 Å². The summed E-state index contributed by atoms with van der Waals surface area (Å²) >= 11 is 0. The van der Waals surface area contributed by atoms with Crippen molar-refractivity contribution in [3.63, 3.8) is 0 Å². The molecule has 0 aliphatic carbocycles. The van der Waals surface area contributed by atoms with E-state index in [-0.39, 0.29) is 18.7 Å². The number of imide groups is 1. The topological polar surface area (TPSA) is 107 Å². The number of amides is 4. The van der Waals surface area contributed by atoms with Crippen LogP contribution in [0.5, 0.6) is 0 Å². The van der Waals surface area contributed by atoms with Gasteiger partial charge in [0.1, 0.15) is 12.1 Å². The van der Waals surface area contributed by atoms with Gasteiger partial charge in [-0.05, 0) is 19.9 Å². The zero-order valence-electron chi connectivity index (χ0n) is 14.8. The Balaban J connectivity index is 2.21. The fourth-order valence-corrected chi connectivity index (χ4v) is 2.60. The second kappa shape index (κ2) is 7.68. The summed E-state index contributed by atoms with van der Waals surface area (Å²) in [6, 6.07) is 2.71. The van der Waals surface area contributed by atoms with Crippen molar-refractivity contribution < 1.29 is 33.1 Å². The number of hydrogen-bond acceptors (Lipinski definition) is 4. The molecular weight excluding hydrogens is 364 g/mol. The number of carbonyl (C=O) groups is 4. The van der Waals surface area contributed by atoms with Crippen molar-refractivity contribution in [3.8, 4) is 0 Å². The second-order valence-electron chi connectivity index (χ2n) is 6.58. The number of nitrogens with zero attached hydrogens (tertiary/aromatic N) is 2. The van der Waals surface area contributed by atoms with E-state index in [0.29, 0.717) is 0 Å². The summed E-state index contributed by atoms with van der Waals surface area (Å²) in [5.74, 6) is -4.68. The standard InChI is InChI=1S/C17H19F2N3O5/c1-17(2)15(26)20-16(27)22(17)9-12(23)21(7-6-13(24)25)8-10-4-3-5-11(18)14(10)19/h3-5H,6-9H2,1-2H3,(H,24,25)(H,20,26,27). The van der Waals surface area contributed by atoms with Gasteiger partial charge in [-0.3, -0.25) is 19.7 Å². The molecular formula is C17H19F2N3O5. The van der Waals surface area contributed by atoms with Crippen LogP contribution in [0.3, 0.4) is 0 Å². The Morgan fingerprint density at radius 3 is 2.48 bits per heavy atom. The molecule has 0 atom stereocenters. The second-order valence-corrected chi connectivity index (χ2v) is 6.58. The molecule has 2 rings (SSSR count). The summed E-state index contributed by atoms with van der Waals surface area (Å²) in [5.41, 5.74) is -1.40. The Hall–Kier alpha value is -3.04. The van der Waals surface area contributed by atoms with Gasteiger partial charge in [0.2, 0.25) is 5.91 Å². The predicted molar refractivity (Wildman–Crippen MR) is 88.4 cm³/mol. The van der Waals surface area contributed by atoms with E-state index in [4.69, 9.17) is 5.11 Å². The van der Waals surface area contributed by atoms with Crippen molar-refractivity contribution in [2.45, 2.75) is 32.4 Å².